The summed E-state index contributed by atoms with van der Waals surface area (Å²) in [6.45, 7) is 4.68. The lowest BCUT2D eigenvalue weighted by Crippen LogP contribution is -2.43. The molecule has 3 aromatic heterocycles. The molecule has 13 heteroatoms. The quantitative estimate of drug-likeness (QED) is 0.372. The Morgan fingerprint density at radius 2 is 1.87 bits per heavy atom. The summed E-state index contributed by atoms with van der Waals surface area (Å²) in [5, 5.41) is 9.70. The van der Waals surface area contributed by atoms with Gasteiger partial charge in [-0.3, -0.25) is 0 Å². The van der Waals surface area contributed by atoms with E-state index in [2.05, 4.69) is 29.9 Å². The molecule has 2 saturated heterocycles. The van der Waals surface area contributed by atoms with Gasteiger partial charge in [0.2, 0.25) is 27.7 Å². The number of anilines is 2. The van der Waals surface area contributed by atoms with Gasteiger partial charge < -0.3 is 20.0 Å². The van der Waals surface area contributed by atoms with Crippen LogP contribution in [0.4, 0.5) is 11.9 Å². The van der Waals surface area contributed by atoms with E-state index in [-0.39, 0.29) is 10.8 Å². The van der Waals surface area contributed by atoms with E-state index in [4.69, 9.17) is 15.3 Å². The van der Waals surface area contributed by atoms with Crippen LogP contribution in [-0.2, 0) is 10.0 Å². The SMILES string of the molecule is Nc1nc(N2CCCC(CN3CCC(c4cccc(S(N)(=O)=O)c4)CC3)C2)nc2nc(-c3ccco3)nn12. The van der Waals surface area contributed by atoms with Crippen molar-refractivity contribution in [3.8, 4) is 11.6 Å². The average molecular weight is 538 g/mol. The van der Waals surface area contributed by atoms with Crippen LogP contribution in [0.15, 0.2) is 52.0 Å². The highest BCUT2D eigenvalue weighted by molar-refractivity contribution is 7.89. The third kappa shape index (κ3) is 5.08. The molecule has 200 valence electrons. The van der Waals surface area contributed by atoms with Gasteiger partial charge in [0.05, 0.1) is 11.2 Å². The zero-order valence-corrected chi connectivity index (χ0v) is 21.8. The first-order valence-corrected chi connectivity index (χ1v) is 14.4. The van der Waals surface area contributed by atoms with Gasteiger partial charge in [-0.25, -0.2) is 13.6 Å². The standard InChI is InChI=1S/C25H31N9O3S/c26-23-29-24(30-25-28-22(31-34(23)25)21-7-3-13-37-21)33-10-2-4-17(16-33)15-32-11-8-18(9-12-32)19-5-1-6-20(14-19)38(27,35)36/h1,3,5-7,13-14,17-18H,2,4,8-12,15-16H2,(H2,27,35,36)(H2,26,28,29,30,31). The van der Waals surface area contributed by atoms with E-state index in [9.17, 15) is 8.42 Å². The molecule has 0 bridgehead atoms. The third-order valence-electron chi connectivity index (χ3n) is 7.53. The first-order chi connectivity index (χ1) is 18.3. The van der Waals surface area contributed by atoms with Gasteiger partial charge in [-0.2, -0.15) is 19.5 Å². The number of primary sulfonamides is 1. The summed E-state index contributed by atoms with van der Waals surface area (Å²) < 4.78 is 30.3. The summed E-state index contributed by atoms with van der Waals surface area (Å²) in [7, 11) is -3.69. The van der Waals surface area contributed by atoms with Crippen molar-refractivity contribution < 1.29 is 12.8 Å². The Morgan fingerprint density at radius 1 is 1.03 bits per heavy atom. The molecule has 38 heavy (non-hydrogen) atoms. The van der Waals surface area contributed by atoms with Crippen LogP contribution in [0.25, 0.3) is 17.4 Å². The Morgan fingerprint density at radius 3 is 2.63 bits per heavy atom. The number of furan rings is 1. The minimum atomic E-state index is -3.69. The van der Waals surface area contributed by atoms with Gasteiger partial charge in [-0.05, 0) is 80.4 Å². The average Bonchev–Trinajstić information content (AvgIpc) is 3.60. The molecule has 4 N–H and O–H groups in total. The maximum Gasteiger partial charge on any atom is 0.259 e. The van der Waals surface area contributed by atoms with E-state index < -0.39 is 10.0 Å². The van der Waals surface area contributed by atoms with Gasteiger partial charge in [-0.15, -0.1) is 5.10 Å². The first kappa shape index (κ1) is 24.8. The van der Waals surface area contributed by atoms with Crippen molar-refractivity contribution in [2.24, 2.45) is 11.1 Å². The fourth-order valence-electron chi connectivity index (χ4n) is 5.60. The predicted octanol–water partition coefficient (Wildman–Crippen LogP) is 2.10. The maximum atomic E-state index is 11.7. The van der Waals surface area contributed by atoms with Crippen LogP contribution in [0.5, 0.6) is 0 Å². The van der Waals surface area contributed by atoms with Gasteiger partial charge in [0.25, 0.3) is 5.78 Å². The summed E-state index contributed by atoms with van der Waals surface area (Å²) >= 11 is 0. The summed E-state index contributed by atoms with van der Waals surface area (Å²) in [4.78, 5) is 18.6. The highest BCUT2D eigenvalue weighted by Crippen LogP contribution is 2.31. The Kier molecular flexibility index (Phi) is 6.50. The third-order valence-corrected chi connectivity index (χ3v) is 8.44. The van der Waals surface area contributed by atoms with Gasteiger partial charge in [-0.1, -0.05) is 12.1 Å². The maximum absolute atomic E-state index is 11.7. The zero-order valence-electron chi connectivity index (χ0n) is 21.0. The second-order valence-electron chi connectivity index (χ2n) is 10.2. The molecular formula is C25H31N9O3S. The minimum absolute atomic E-state index is 0.184. The predicted molar refractivity (Wildman–Crippen MR) is 142 cm³/mol. The first-order valence-electron chi connectivity index (χ1n) is 12.9. The molecule has 4 aromatic rings. The van der Waals surface area contributed by atoms with Gasteiger partial charge >= 0.3 is 0 Å². The summed E-state index contributed by atoms with van der Waals surface area (Å²) in [6, 6.07) is 10.6. The molecule has 1 aromatic carbocycles. The summed E-state index contributed by atoms with van der Waals surface area (Å²) in [5.41, 5.74) is 7.26. The highest BCUT2D eigenvalue weighted by atomic mass is 32.2. The van der Waals surface area contributed by atoms with Crippen LogP contribution in [-0.4, -0.2) is 70.6 Å². The number of nitrogens with zero attached hydrogens (tertiary/aromatic N) is 7. The van der Waals surface area contributed by atoms with E-state index in [0.29, 0.717) is 35.1 Å². The van der Waals surface area contributed by atoms with Crippen LogP contribution < -0.4 is 15.8 Å². The zero-order chi connectivity index (χ0) is 26.3. The second-order valence-corrected chi connectivity index (χ2v) is 11.7. The summed E-state index contributed by atoms with van der Waals surface area (Å²) in [6.07, 6.45) is 5.76. The number of rotatable bonds is 6. The van der Waals surface area contributed by atoms with Crippen molar-refractivity contribution in [3.63, 3.8) is 0 Å². The lowest BCUT2D eigenvalue weighted by atomic mass is 9.88. The molecule has 5 heterocycles. The molecule has 0 aliphatic carbocycles. The fraction of sp³-hybridized carbons (Fsp3) is 0.440. The second kappa shape index (κ2) is 9.97. The smallest absolute Gasteiger partial charge is 0.259 e. The van der Waals surface area contributed by atoms with Crippen molar-refractivity contribution >= 4 is 27.7 Å². The number of nitrogens with two attached hydrogens (primary N) is 2. The topological polar surface area (TPSA) is 162 Å². The Balaban J connectivity index is 1.09. The van der Waals surface area contributed by atoms with E-state index >= 15 is 0 Å². The molecule has 2 aliphatic heterocycles. The molecule has 0 saturated carbocycles. The van der Waals surface area contributed by atoms with Crippen LogP contribution in [0.2, 0.25) is 0 Å². The molecule has 12 nitrogen and oxygen atoms in total. The van der Waals surface area contributed by atoms with Crippen LogP contribution in [0, 0.1) is 5.92 Å². The van der Waals surface area contributed by atoms with E-state index in [1.807, 2.05) is 6.07 Å². The molecule has 0 radical (unpaired) electrons. The largest absolute Gasteiger partial charge is 0.461 e. The van der Waals surface area contributed by atoms with E-state index in [0.717, 1.165) is 64.0 Å². The lowest BCUT2D eigenvalue weighted by Gasteiger charge is -2.38. The lowest BCUT2D eigenvalue weighted by molar-refractivity contribution is 0.173. The number of aromatic nitrogens is 5. The van der Waals surface area contributed by atoms with Crippen molar-refractivity contribution in [2.75, 3.05) is 43.4 Å². The van der Waals surface area contributed by atoms with Crippen LogP contribution in [0.3, 0.4) is 0 Å². The normalized spacial score (nSPS) is 19.8. The number of fused-ring (bicyclic) bond motifs is 1. The van der Waals surface area contributed by atoms with Gasteiger partial charge in [0, 0.05) is 19.6 Å². The van der Waals surface area contributed by atoms with Crippen LogP contribution in [0.1, 0.15) is 37.2 Å². The van der Waals surface area contributed by atoms with Crippen LogP contribution >= 0.6 is 0 Å². The molecule has 1 unspecified atom stereocenters. The van der Waals surface area contributed by atoms with Gasteiger partial charge in [0.1, 0.15) is 0 Å². The number of benzene rings is 1. The van der Waals surface area contributed by atoms with Crippen molar-refractivity contribution in [1.29, 1.82) is 0 Å². The number of nitrogen functional groups attached to an aromatic ring is 1. The number of likely N-dealkylation sites (tertiary alicyclic amines) is 1. The molecule has 2 fully saturated rings. The number of sulfonamides is 1. The molecule has 2 aliphatic rings. The molecule has 6 rings (SSSR count). The minimum Gasteiger partial charge on any atom is -0.461 e. The Hall–Kier alpha value is -3.55. The molecular weight excluding hydrogens is 506 g/mol. The Labute approximate surface area is 220 Å². The fourth-order valence-corrected chi connectivity index (χ4v) is 6.17. The monoisotopic (exact) mass is 537 g/mol. The van der Waals surface area contributed by atoms with E-state index in [1.165, 1.54) is 4.52 Å². The number of hydrogen-bond acceptors (Lipinski definition) is 10. The molecule has 0 amide bonds. The molecule has 0 spiro atoms. The Bertz CT molecular complexity index is 1530. The number of hydrogen-bond donors (Lipinski definition) is 2. The van der Waals surface area contributed by atoms with Crippen molar-refractivity contribution in [2.45, 2.75) is 36.5 Å². The molecule has 1 atom stereocenters. The van der Waals surface area contributed by atoms with E-state index in [1.54, 1.807) is 36.6 Å². The highest BCUT2D eigenvalue weighted by Gasteiger charge is 2.28. The number of piperidine rings is 2. The summed E-state index contributed by atoms with van der Waals surface area (Å²) in [5.74, 6) is 3.02. The van der Waals surface area contributed by atoms with Crippen molar-refractivity contribution in [1.82, 2.24) is 29.5 Å². The van der Waals surface area contributed by atoms with Crippen molar-refractivity contribution in [3.05, 3.63) is 48.2 Å². The van der Waals surface area contributed by atoms with Gasteiger partial charge in [0.15, 0.2) is 5.76 Å².